The number of fused-ring (bicyclic) bond motifs is 1. The van der Waals surface area contributed by atoms with Gasteiger partial charge in [-0.1, -0.05) is 13.3 Å². The average molecular weight is 379 g/mol. The van der Waals surface area contributed by atoms with E-state index < -0.39 is 0 Å². The Hall–Kier alpha value is -3.00. The Bertz CT molecular complexity index is 1060. The van der Waals surface area contributed by atoms with E-state index in [1.807, 2.05) is 38.5 Å². The van der Waals surface area contributed by atoms with Crippen LogP contribution >= 0.6 is 0 Å². The SMILES string of the molecule is CCC[C@@H](C)n1cc(-c2nc(-c3cnn(CCCO)c3)cn3nccc23)cn1. The molecule has 28 heavy (non-hydrogen) atoms. The predicted molar refractivity (Wildman–Crippen MR) is 107 cm³/mol. The van der Waals surface area contributed by atoms with Crippen molar-refractivity contribution in [2.45, 2.75) is 45.7 Å². The summed E-state index contributed by atoms with van der Waals surface area (Å²) in [6.07, 6.45) is 14.2. The van der Waals surface area contributed by atoms with Crippen molar-refractivity contribution in [2.24, 2.45) is 0 Å². The Morgan fingerprint density at radius 3 is 2.75 bits per heavy atom. The fraction of sp³-hybridized carbons (Fsp3) is 0.400. The smallest absolute Gasteiger partial charge is 0.0999 e. The van der Waals surface area contributed by atoms with Gasteiger partial charge in [-0.25, -0.2) is 9.50 Å². The summed E-state index contributed by atoms with van der Waals surface area (Å²) in [5, 5.41) is 22.3. The van der Waals surface area contributed by atoms with E-state index >= 15 is 0 Å². The summed E-state index contributed by atoms with van der Waals surface area (Å²) in [5.74, 6) is 0. The highest BCUT2D eigenvalue weighted by molar-refractivity contribution is 5.78. The van der Waals surface area contributed by atoms with Crippen molar-refractivity contribution in [1.29, 1.82) is 0 Å². The molecule has 8 nitrogen and oxygen atoms in total. The molecule has 0 saturated carbocycles. The van der Waals surface area contributed by atoms with Crippen LogP contribution in [0.15, 0.2) is 43.2 Å². The molecule has 0 fully saturated rings. The van der Waals surface area contributed by atoms with Crippen molar-refractivity contribution in [3.63, 3.8) is 0 Å². The van der Waals surface area contributed by atoms with Gasteiger partial charge in [0.2, 0.25) is 0 Å². The summed E-state index contributed by atoms with van der Waals surface area (Å²) in [7, 11) is 0. The number of aromatic nitrogens is 7. The minimum Gasteiger partial charge on any atom is -0.396 e. The van der Waals surface area contributed by atoms with E-state index in [0.29, 0.717) is 19.0 Å². The lowest BCUT2D eigenvalue weighted by Crippen LogP contribution is -2.04. The van der Waals surface area contributed by atoms with E-state index in [0.717, 1.165) is 40.9 Å². The Kier molecular flexibility index (Phi) is 5.21. The van der Waals surface area contributed by atoms with Gasteiger partial charge in [-0.2, -0.15) is 15.3 Å². The van der Waals surface area contributed by atoms with Crippen LogP contribution in [0.2, 0.25) is 0 Å². The second-order valence-electron chi connectivity index (χ2n) is 7.05. The number of aliphatic hydroxyl groups is 1. The molecule has 146 valence electrons. The van der Waals surface area contributed by atoms with Crippen molar-refractivity contribution in [3.05, 3.63) is 43.2 Å². The normalized spacial score (nSPS) is 12.7. The van der Waals surface area contributed by atoms with Crippen LogP contribution in [0.5, 0.6) is 0 Å². The van der Waals surface area contributed by atoms with Crippen molar-refractivity contribution in [3.8, 4) is 22.5 Å². The second kappa shape index (κ2) is 7.93. The zero-order chi connectivity index (χ0) is 19.5. The average Bonchev–Trinajstić information content (AvgIpc) is 3.45. The summed E-state index contributed by atoms with van der Waals surface area (Å²) in [4.78, 5) is 4.91. The molecule has 0 aliphatic carbocycles. The lowest BCUT2D eigenvalue weighted by atomic mass is 10.2. The van der Waals surface area contributed by atoms with Gasteiger partial charge in [-0.3, -0.25) is 9.36 Å². The highest BCUT2D eigenvalue weighted by Gasteiger charge is 2.15. The molecule has 4 heterocycles. The van der Waals surface area contributed by atoms with Crippen LogP contribution in [0.1, 0.15) is 39.2 Å². The fourth-order valence-electron chi connectivity index (χ4n) is 3.38. The van der Waals surface area contributed by atoms with Crippen molar-refractivity contribution < 1.29 is 5.11 Å². The Balaban J connectivity index is 1.73. The number of hydrogen-bond donors (Lipinski definition) is 1. The third kappa shape index (κ3) is 3.55. The van der Waals surface area contributed by atoms with E-state index in [2.05, 4.69) is 35.3 Å². The molecule has 0 unspecified atom stereocenters. The number of rotatable bonds is 8. The molecule has 0 amide bonds. The van der Waals surface area contributed by atoms with Gasteiger partial charge in [0.1, 0.15) is 0 Å². The van der Waals surface area contributed by atoms with Crippen molar-refractivity contribution in [1.82, 2.24) is 34.2 Å². The first kappa shape index (κ1) is 18.4. The molecular formula is C20H25N7O. The van der Waals surface area contributed by atoms with Gasteiger partial charge < -0.3 is 5.11 Å². The largest absolute Gasteiger partial charge is 0.396 e. The van der Waals surface area contributed by atoms with Crippen LogP contribution in [-0.4, -0.2) is 45.9 Å². The molecule has 4 aromatic heterocycles. The number of hydrogen-bond acceptors (Lipinski definition) is 5. The number of aryl methyl sites for hydroxylation is 1. The third-order valence-electron chi connectivity index (χ3n) is 4.90. The van der Waals surface area contributed by atoms with Crippen LogP contribution in [0.4, 0.5) is 0 Å². The van der Waals surface area contributed by atoms with E-state index in [1.165, 1.54) is 0 Å². The first-order valence-electron chi connectivity index (χ1n) is 9.72. The molecule has 0 radical (unpaired) electrons. The maximum Gasteiger partial charge on any atom is 0.0999 e. The maximum absolute atomic E-state index is 9.01. The van der Waals surface area contributed by atoms with Gasteiger partial charge in [-0.15, -0.1) is 0 Å². The lowest BCUT2D eigenvalue weighted by molar-refractivity contribution is 0.277. The minimum atomic E-state index is 0.150. The molecular weight excluding hydrogens is 354 g/mol. The van der Waals surface area contributed by atoms with Crippen LogP contribution in [0.3, 0.4) is 0 Å². The quantitative estimate of drug-likeness (QED) is 0.508. The molecule has 1 atom stereocenters. The maximum atomic E-state index is 9.01. The van der Waals surface area contributed by atoms with E-state index in [1.54, 1.807) is 12.4 Å². The summed E-state index contributed by atoms with van der Waals surface area (Å²) in [6, 6.07) is 2.32. The molecule has 8 heteroatoms. The Morgan fingerprint density at radius 2 is 1.93 bits per heavy atom. The zero-order valence-corrected chi connectivity index (χ0v) is 16.2. The minimum absolute atomic E-state index is 0.150. The van der Waals surface area contributed by atoms with Gasteiger partial charge in [0.05, 0.1) is 41.7 Å². The molecule has 0 bridgehead atoms. The molecule has 4 rings (SSSR count). The van der Waals surface area contributed by atoms with Gasteiger partial charge in [0.15, 0.2) is 0 Å². The van der Waals surface area contributed by atoms with Gasteiger partial charge in [-0.05, 0) is 25.8 Å². The molecule has 4 aromatic rings. The molecule has 1 N–H and O–H groups in total. The highest BCUT2D eigenvalue weighted by Crippen LogP contribution is 2.27. The number of aliphatic hydroxyl groups excluding tert-OH is 1. The second-order valence-corrected chi connectivity index (χ2v) is 7.05. The van der Waals surface area contributed by atoms with Crippen LogP contribution in [0, 0.1) is 0 Å². The van der Waals surface area contributed by atoms with Gasteiger partial charge in [0, 0.05) is 42.7 Å². The fourth-order valence-corrected chi connectivity index (χ4v) is 3.38. The Labute approximate surface area is 163 Å². The van der Waals surface area contributed by atoms with E-state index in [4.69, 9.17) is 10.1 Å². The molecule has 0 saturated heterocycles. The summed E-state index contributed by atoms with van der Waals surface area (Å²) < 4.78 is 5.67. The predicted octanol–water partition coefficient (Wildman–Crippen LogP) is 3.20. The molecule has 0 aromatic carbocycles. The van der Waals surface area contributed by atoms with Gasteiger partial charge >= 0.3 is 0 Å². The van der Waals surface area contributed by atoms with Gasteiger partial charge in [0.25, 0.3) is 0 Å². The van der Waals surface area contributed by atoms with Crippen molar-refractivity contribution >= 4 is 5.52 Å². The lowest BCUT2D eigenvalue weighted by Gasteiger charge is -2.10. The topological polar surface area (TPSA) is 86.1 Å². The molecule has 0 aliphatic heterocycles. The molecule has 0 spiro atoms. The summed E-state index contributed by atoms with van der Waals surface area (Å²) in [6.45, 7) is 5.19. The monoisotopic (exact) mass is 379 g/mol. The summed E-state index contributed by atoms with van der Waals surface area (Å²) in [5.41, 5.74) is 4.49. The van der Waals surface area contributed by atoms with Crippen LogP contribution in [0.25, 0.3) is 28.0 Å². The van der Waals surface area contributed by atoms with Crippen molar-refractivity contribution in [2.75, 3.05) is 6.61 Å². The highest BCUT2D eigenvalue weighted by atomic mass is 16.3. The third-order valence-corrected chi connectivity index (χ3v) is 4.90. The first-order valence-corrected chi connectivity index (χ1v) is 9.72. The van der Waals surface area contributed by atoms with Crippen LogP contribution < -0.4 is 0 Å². The first-order chi connectivity index (χ1) is 13.7. The zero-order valence-electron chi connectivity index (χ0n) is 16.2. The molecule has 0 aliphatic rings. The number of nitrogens with zero attached hydrogens (tertiary/aromatic N) is 7. The summed E-state index contributed by atoms with van der Waals surface area (Å²) >= 11 is 0. The Morgan fingerprint density at radius 1 is 1.07 bits per heavy atom. The van der Waals surface area contributed by atoms with E-state index in [-0.39, 0.29) is 6.61 Å². The standard InChI is InChI=1S/C20H25N7O/c1-3-5-15(2)26-13-17(11-23-26)20-19-6-7-21-27(19)14-18(24-20)16-10-22-25(12-16)8-4-9-28/h6-7,10-15,28H,3-5,8-9H2,1-2H3/t15-/m1/s1. The van der Waals surface area contributed by atoms with E-state index in [9.17, 15) is 0 Å². The van der Waals surface area contributed by atoms with Crippen LogP contribution in [-0.2, 0) is 6.54 Å².